The quantitative estimate of drug-likeness (QED) is 0.902. The molecule has 2 aromatic rings. The van der Waals surface area contributed by atoms with Crippen molar-refractivity contribution in [2.75, 3.05) is 11.9 Å². The number of aliphatic hydroxyl groups is 1. The molecule has 0 radical (unpaired) electrons. The third-order valence-electron chi connectivity index (χ3n) is 4.08. The summed E-state index contributed by atoms with van der Waals surface area (Å²) in [6.45, 7) is 0.491. The van der Waals surface area contributed by atoms with E-state index in [0.717, 1.165) is 31.4 Å². The van der Waals surface area contributed by atoms with Crippen LogP contribution in [0.1, 0.15) is 32.1 Å². The van der Waals surface area contributed by atoms with E-state index < -0.39 is 5.60 Å². The van der Waals surface area contributed by atoms with Crippen molar-refractivity contribution in [2.45, 2.75) is 37.7 Å². The minimum absolute atomic E-state index is 0.0497. The average Bonchev–Trinajstić information content (AvgIpc) is 2.47. The lowest BCUT2D eigenvalue weighted by molar-refractivity contribution is 0.0167. The number of benzene rings is 1. The molecule has 0 spiro atoms. The van der Waals surface area contributed by atoms with Crippen LogP contribution in [0.15, 0.2) is 39.7 Å². The number of para-hydroxylation sites is 1. The summed E-state index contributed by atoms with van der Waals surface area (Å²) in [6, 6.07) is 6.87. The van der Waals surface area contributed by atoms with Crippen LogP contribution in [0.5, 0.6) is 0 Å². The molecule has 4 heteroatoms. The zero-order valence-electron chi connectivity index (χ0n) is 11.4. The Morgan fingerprint density at radius 2 is 2.00 bits per heavy atom. The van der Waals surface area contributed by atoms with E-state index >= 15 is 0 Å². The summed E-state index contributed by atoms with van der Waals surface area (Å²) in [5, 5.41) is 14.3. The van der Waals surface area contributed by atoms with Crippen molar-refractivity contribution in [1.29, 1.82) is 0 Å². The maximum atomic E-state index is 11.8. The van der Waals surface area contributed by atoms with Crippen LogP contribution in [0.4, 0.5) is 5.69 Å². The number of anilines is 1. The Bertz CT molecular complexity index is 656. The number of hydrogen-bond acceptors (Lipinski definition) is 4. The Kier molecular flexibility index (Phi) is 3.49. The second-order valence-electron chi connectivity index (χ2n) is 5.61. The standard InChI is InChI=1S/C16H19NO3/c18-14-7-10-20-15-12(14)5-4-6-13(15)17-11-16(19)8-2-1-3-9-16/h4-7,10,17,19H,1-3,8-9,11H2. The van der Waals surface area contributed by atoms with E-state index in [-0.39, 0.29) is 5.43 Å². The first-order chi connectivity index (χ1) is 9.68. The molecule has 1 aromatic carbocycles. The molecule has 0 unspecified atom stereocenters. The molecule has 3 rings (SSSR count). The highest BCUT2D eigenvalue weighted by molar-refractivity contribution is 5.88. The zero-order chi connectivity index (χ0) is 14.0. The lowest BCUT2D eigenvalue weighted by atomic mass is 9.85. The summed E-state index contributed by atoms with van der Waals surface area (Å²) < 4.78 is 5.45. The van der Waals surface area contributed by atoms with E-state index in [4.69, 9.17) is 4.42 Å². The van der Waals surface area contributed by atoms with Gasteiger partial charge in [-0.3, -0.25) is 4.79 Å². The van der Waals surface area contributed by atoms with Gasteiger partial charge in [0.05, 0.1) is 22.9 Å². The fraction of sp³-hybridized carbons (Fsp3) is 0.438. The Morgan fingerprint density at radius 3 is 2.80 bits per heavy atom. The van der Waals surface area contributed by atoms with Gasteiger partial charge in [0.2, 0.25) is 0 Å². The van der Waals surface area contributed by atoms with Crippen molar-refractivity contribution >= 4 is 16.7 Å². The van der Waals surface area contributed by atoms with E-state index in [1.54, 1.807) is 6.07 Å². The van der Waals surface area contributed by atoms with Crippen LogP contribution in [0.25, 0.3) is 11.0 Å². The van der Waals surface area contributed by atoms with Crippen molar-refractivity contribution in [2.24, 2.45) is 0 Å². The number of rotatable bonds is 3. The maximum Gasteiger partial charge on any atom is 0.192 e. The maximum absolute atomic E-state index is 11.8. The Hall–Kier alpha value is -1.81. The molecule has 1 aliphatic rings. The first kappa shape index (κ1) is 13.2. The zero-order valence-corrected chi connectivity index (χ0v) is 11.4. The van der Waals surface area contributed by atoms with Crippen molar-refractivity contribution in [1.82, 2.24) is 0 Å². The average molecular weight is 273 g/mol. The fourth-order valence-corrected chi connectivity index (χ4v) is 2.90. The molecule has 1 fully saturated rings. The molecule has 1 aliphatic carbocycles. The second-order valence-corrected chi connectivity index (χ2v) is 5.61. The van der Waals surface area contributed by atoms with E-state index in [9.17, 15) is 9.90 Å². The van der Waals surface area contributed by atoms with E-state index in [2.05, 4.69) is 5.32 Å². The molecule has 0 saturated heterocycles. The molecule has 106 valence electrons. The highest BCUT2D eigenvalue weighted by Gasteiger charge is 2.28. The van der Waals surface area contributed by atoms with Gasteiger partial charge < -0.3 is 14.8 Å². The lowest BCUT2D eigenvalue weighted by Gasteiger charge is -2.32. The predicted octanol–water partition coefficient (Wildman–Crippen LogP) is 2.90. The van der Waals surface area contributed by atoms with E-state index in [1.165, 1.54) is 18.8 Å². The van der Waals surface area contributed by atoms with Crippen molar-refractivity contribution < 1.29 is 9.52 Å². The van der Waals surface area contributed by atoms with Crippen LogP contribution in [-0.2, 0) is 0 Å². The van der Waals surface area contributed by atoms with Gasteiger partial charge in [-0.15, -0.1) is 0 Å². The summed E-state index contributed by atoms with van der Waals surface area (Å²) in [6.07, 6.45) is 6.41. The molecule has 4 nitrogen and oxygen atoms in total. The summed E-state index contributed by atoms with van der Waals surface area (Å²) in [5.74, 6) is 0. The minimum atomic E-state index is -0.643. The van der Waals surface area contributed by atoms with Crippen LogP contribution in [0.3, 0.4) is 0 Å². The van der Waals surface area contributed by atoms with Gasteiger partial charge in [-0.2, -0.15) is 0 Å². The molecule has 0 amide bonds. The van der Waals surface area contributed by atoms with Gasteiger partial charge in [0.15, 0.2) is 11.0 Å². The van der Waals surface area contributed by atoms with Crippen LogP contribution in [0, 0.1) is 0 Å². The van der Waals surface area contributed by atoms with Gasteiger partial charge in [-0.25, -0.2) is 0 Å². The number of nitrogens with one attached hydrogen (secondary N) is 1. The Labute approximate surface area is 117 Å². The van der Waals surface area contributed by atoms with Crippen LogP contribution >= 0.6 is 0 Å². The Morgan fingerprint density at radius 1 is 1.20 bits per heavy atom. The third-order valence-corrected chi connectivity index (χ3v) is 4.08. The molecule has 0 atom stereocenters. The SMILES string of the molecule is O=c1ccoc2c(NCC3(O)CCCCC3)cccc12. The summed E-state index contributed by atoms with van der Waals surface area (Å²) in [7, 11) is 0. The fourth-order valence-electron chi connectivity index (χ4n) is 2.90. The van der Waals surface area contributed by atoms with Crippen LogP contribution in [-0.4, -0.2) is 17.3 Å². The highest BCUT2D eigenvalue weighted by Crippen LogP contribution is 2.29. The van der Waals surface area contributed by atoms with Crippen LogP contribution in [0.2, 0.25) is 0 Å². The summed E-state index contributed by atoms with van der Waals surface area (Å²) in [4.78, 5) is 11.8. The van der Waals surface area contributed by atoms with Gasteiger partial charge in [-0.05, 0) is 25.0 Å². The van der Waals surface area contributed by atoms with E-state index in [1.807, 2.05) is 12.1 Å². The largest absolute Gasteiger partial charge is 0.462 e. The second kappa shape index (κ2) is 5.29. The van der Waals surface area contributed by atoms with Gasteiger partial charge in [0.1, 0.15) is 0 Å². The smallest absolute Gasteiger partial charge is 0.192 e. The number of fused-ring (bicyclic) bond motifs is 1. The molecule has 1 heterocycles. The van der Waals surface area contributed by atoms with Gasteiger partial charge >= 0.3 is 0 Å². The monoisotopic (exact) mass is 273 g/mol. The summed E-state index contributed by atoms with van der Waals surface area (Å²) >= 11 is 0. The van der Waals surface area contributed by atoms with Crippen molar-refractivity contribution in [3.8, 4) is 0 Å². The first-order valence-electron chi connectivity index (χ1n) is 7.15. The molecule has 1 aromatic heterocycles. The predicted molar refractivity (Wildman–Crippen MR) is 79.0 cm³/mol. The third kappa shape index (κ3) is 2.56. The van der Waals surface area contributed by atoms with E-state index in [0.29, 0.717) is 17.5 Å². The highest BCUT2D eigenvalue weighted by atomic mass is 16.3. The number of hydrogen-bond donors (Lipinski definition) is 2. The normalized spacial score (nSPS) is 18.1. The van der Waals surface area contributed by atoms with Gasteiger partial charge in [-0.1, -0.05) is 25.3 Å². The molecule has 1 saturated carbocycles. The van der Waals surface area contributed by atoms with Crippen molar-refractivity contribution in [3.05, 3.63) is 40.8 Å². The molecule has 0 bridgehead atoms. The molecular formula is C16H19NO3. The molecule has 20 heavy (non-hydrogen) atoms. The van der Waals surface area contributed by atoms with Gasteiger partial charge in [0.25, 0.3) is 0 Å². The first-order valence-corrected chi connectivity index (χ1v) is 7.15. The molecule has 2 N–H and O–H groups in total. The lowest BCUT2D eigenvalue weighted by Crippen LogP contribution is -2.38. The summed E-state index contributed by atoms with van der Waals surface area (Å²) in [5.41, 5.74) is 0.625. The minimum Gasteiger partial charge on any atom is -0.462 e. The van der Waals surface area contributed by atoms with Crippen molar-refractivity contribution in [3.63, 3.8) is 0 Å². The van der Waals surface area contributed by atoms with Crippen LogP contribution < -0.4 is 10.7 Å². The van der Waals surface area contributed by atoms with Gasteiger partial charge in [0, 0.05) is 12.6 Å². The topological polar surface area (TPSA) is 62.5 Å². The molecule has 0 aliphatic heterocycles. The Balaban J connectivity index is 1.84. The molecular weight excluding hydrogens is 254 g/mol.